The average Bonchev–Trinajstić information content (AvgIpc) is 3.43. The van der Waals surface area contributed by atoms with Crippen molar-refractivity contribution < 1.29 is 14.0 Å². The molecule has 2 aromatic rings. The number of anilines is 1. The number of hydrogen-bond donors (Lipinski definition) is 1. The van der Waals surface area contributed by atoms with Gasteiger partial charge >= 0.3 is 0 Å². The Labute approximate surface area is 151 Å². The Kier molecular flexibility index (Phi) is 3.48. The minimum absolute atomic E-state index is 0.0490. The normalized spacial score (nSPS) is 28.4. The van der Waals surface area contributed by atoms with Crippen molar-refractivity contribution in [2.24, 2.45) is 23.7 Å². The van der Waals surface area contributed by atoms with Gasteiger partial charge in [-0.3, -0.25) is 9.59 Å². The fraction of sp³-hybridized carbons (Fsp3) is 0.333. The summed E-state index contributed by atoms with van der Waals surface area (Å²) in [5, 5.41) is 2.78. The molecule has 0 spiro atoms. The number of nitrogens with one attached hydrogen (secondary N) is 1. The van der Waals surface area contributed by atoms with Crippen LogP contribution < -0.4 is 5.32 Å². The number of carbonyl (C=O) groups excluding carboxylic acids is 2. The second-order valence-electron chi connectivity index (χ2n) is 7.50. The highest BCUT2D eigenvalue weighted by Crippen LogP contribution is 2.51. The molecule has 26 heavy (non-hydrogen) atoms. The minimum Gasteiger partial charge on any atom is -0.459 e. The predicted octanol–water partition coefficient (Wildman–Crippen LogP) is 3.43. The molecule has 1 saturated heterocycles. The van der Waals surface area contributed by atoms with Crippen LogP contribution in [-0.2, 0) is 0 Å². The molecule has 4 atom stereocenters. The second-order valence-corrected chi connectivity index (χ2v) is 7.50. The minimum atomic E-state index is -0.321. The van der Waals surface area contributed by atoms with Gasteiger partial charge in [0.2, 0.25) is 0 Å². The molecule has 2 amide bonds. The van der Waals surface area contributed by atoms with E-state index in [4.69, 9.17) is 4.42 Å². The van der Waals surface area contributed by atoms with Gasteiger partial charge in [0, 0.05) is 24.3 Å². The summed E-state index contributed by atoms with van der Waals surface area (Å²) < 4.78 is 5.10. The molecule has 1 aromatic carbocycles. The number of likely N-dealkylation sites (tertiary alicyclic amines) is 1. The lowest BCUT2D eigenvalue weighted by molar-refractivity contribution is 0.0776. The first kappa shape index (κ1) is 15.4. The third-order valence-corrected chi connectivity index (χ3v) is 6.06. The number of allylic oxidation sites excluding steroid dienone is 2. The van der Waals surface area contributed by atoms with Crippen LogP contribution in [0.5, 0.6) is 0 Å². The van der Waals surface area contributed by atoms with E-state index < -0.39 is 0 Å². The molecule has 3 aliphatic rings. The zero-order valence-corrected chi connectivity index (χ0v) is 14.3. The third kappa shape index (κ3) is 2.46. The lowest BCUT2D eigenvalue weighted by atomic mass is 9.86. The van der Waals surface area contributed by atoms with Crippen molar-refractivity contribution in [2.45, 2.75) is 6.42 Å². The Balaban J connectivity index is 1.30. The van der Waals surface area contributed by atoms with Gasteiger partial charge in [-0.25, -0.2) is 0 Å². The van der Waals surface area contributed by atoms with Gasteiger partial charge in [0.25, 0.3) is 11.8 Å². The molecule has 5 rings (SSSR count). The zero-order chi connectivity index (χ0) is 17.7. The van der Waals surface area contributed by atoms with Crippen LogP contribution in [0.4, 0.5) is 5.69 Å². The summed E-state index contributed by atoms with van der Waals surface area (Å²) in [5.74, 6) is 2.53. The maximum atomic E-state index is 13.0. The van der Waals surface area contributed by atoms with Gasteiger partial charge in [-0.2, -0.15) is 0 Å². The molecule has 2 fully saturated rings. The molecular weight excluding hydrogens is 328 g/mol. The molecule has 2 heterocycles. The number of furan rings is 1. The Morgan fingerprint density at radius 1 is 1.04 bits per heavy atom. The van der Waals surface area contributed by atoms with E-state index in [9.17, 15) is 9.59 Å². The average molecular weight is 348 g/mol. The van der Waals surface area contributed by atoms with Gasteiger partial charge in [0.15, 0.2) is 5.76 Å². The molecule has 5 heteroatoms. The van der Waals surface area contributed by atoms with Gasteiger partial charge < -0.3 is 14.6 Å². The van der Waals surface area contributed by atoms with Crippen molar-refractivity contribution in [1.82, 2.24) is 4.90 Å². The van der Waals surface area contributed by atoms with E-state index in [2.05, 4.69) is 17.5 Å². The van der Waals surface area contributed by atoms with Crippen LogP contribution >= 0.6 is 0 Å². The number of amides is 2. The molecule has 1 aliphatic heterocycles. The first-order valence-electron chi connectivity index (χ1n) is 9.11. The quantitative estimate of drug-likeness (QED) is 0.865. The van der Waals surface area contributed by atoms with E-state index in [1.807, 2.05) is 11.0 Å². The van der Waals surface area contributed by atoms with Gasteiger partial charge in [-0.1, -0.05) is 18.2 Å². The van der Waals surface area contributed by atoms with Crippen molar-refractivity contribution in [3.05, 3.63) is 66.1 Å². The molecule has 2 unspecified atom stereocenters. The summed E-state index contributed by atoms with van der Waals surface area (Å²) in [6.07, 6.45) is 7.40. The Morgan fingerprint density at radius 2 is 1.81 bits per heavy atom. The zero-order valence-electron chi connectivity index (χ0n) is 14.3. The van der Waals surface area contributed by atoms with Gasteiger partial charge in [0.1, 0.15) is 0 Å². The molecule has 132 valence electrons. The number of carbonyl (C=O) groups is 2. The summed E-state index contributed by atoms with van der Waals surface area (Å²) in [6.45, 7) is 1.69. The Hall–Kier alpha value is -2.82. The summed E-state index contributed by atoms with van der Waals surface area (Å²) in [5.41, 5.74) is 1.21. The summed E-state index contributed by atoms with van der Waals surface area (Å²) in [4.78, 5) is 27.1. The van der Waals surface area contributed by atoms with Crippen molar-refractivity contribution in [1.29, 1.82) is 0 Å². The van der Waals surface area contributed by atoms with Crippen LogP contribution in [0.15, 0.2) is 59.2 Å². The van der Waals surface area contributed by atoms with Gasteiger partial charge in [-0.05, 0) is 60.4 Å². The van der Waals surface area contributed by atoms with Crippen LogP contribution in [0.3, 0.4) is 0 Å². The molecule has 2 aliphatic carbocycles. The van der Waals surface area contributed by atoms with Crippen LogP contribution in [0.25, 0.3) is 0 Å². The Bertz CT molecular complexity index is 866. The number of rotatable bonds is 3. The maximum absolute atomic E-state index is 13.0. The fourth-order valence-electron chi connectivity index (χ4n) is 4.83. The van der Waals surface area contributed by atoms with Crippen molar-refractivity contribution >= 4 is 17.5 Å². The number of fused-ring (bicyclic) bond motifs is 5. The SMILES string of the molecule is O=C(Nc1cccc(C(=O)N2C[C@@H]3C4C=CC(C4)[C@@H]3C2)c1)c1ccco1. The molecule has 1 aromatic heterocycles. The van der Waals surface area contributed by atoms with Crippen LogP contribution in [0.1, 0.15) is 27.3 Å². The highest BCUT2D eigenvalue weighted by molar-refractivity contribution is 6.03. The van der Waals surface area contributed by atoms with E-state index in [1.165, 1.54) is 12.7 Å². The molecule has 0 radical (unpaired) electrons. The molecular formula is C21H20N2O3. The first-order valence-corrected chi connectivity index (χ1v) is 9.11. The standard InChI is InChI=1S/C21H20N2O3/c24-20(19-5-2-8-26-19)22-16-4-1-3-15(10-16)21(25)23-11-17-13-6-7-14(9-13)18(17)12-23/h1-8,10,13-14,17-18H,9,11-12H2,(H,22,24)/t13?,14?,17-,18+. The van der Waals surface area contributed by atoms with Crippen LogP contribution in [-0.4, -0.2) is 29.8 Å². The van der Waals surface area contributed by atoms with Crippen molar-refractivity contribution in [3.8, 4) is 0 Å². The Morgan fingerprint density at radius 3 is 2.50 bits per heavy atom. The van der Waals surface area contributed by atoms with E-state index in [1.54, 1.807) is 30.3 Å². The van der Waals surface area contributed by atoms with Crippen molar-refractivity contribution in [3.63, 3.8) is 0 Å². The molecule has 1 saturated carbocycles. The third-order valence-electron chi connectivity index (χ3n) is 6.06. The van der Waals surface area contributed by atoms with Crippen molar-refractivity contribution in [2.75, 3.05) is 18.4 Å². The van der Waals surface area contributed by atoms with Crippen LogP contribution in [0.2, 0.25) is 0 Å². The number of nitrogens with zero attached hydrogens (tertiary/aromatic N) is 1. The lowest BCUT2D eigenvalue weighted by Crippen LogP contribution is -2.30. The maximum Gasteiger partial charge on any atom is 0.291 e. The molecule has 1 N–H and O–H groups in total. The second kappa shape index (κ2) is 5.87. The molecule has 2 bridgehead atoms. The smallest absolute Gasteiger partial charge is 0.291 e. The highest BCUT2D eigenvalue weighted by Gasteiger charge is 2.50. The van der Waals surface area contributed by atoms with E-state index >= 15 is 0 Å². The fourth-order valence-corrected chi connectivity index (χ4v) is 4.83. The summed E-state index contributed by atoms with van der Waals surface area (Å²) in [6, 6.07) is 10.4. The monoisotopic (exact) mass is 348 g/mol. The highest BCUT2D eigenvalue weighted by atomic mass is 16.3. The topological polar surface area (TPSA) is 62.6 Å². The largest absolute Gasteiger partial charge is 0.459 e. The van der Waals surface area contributed by atoms with E-state index in [0.29, 0.717) is 34.9 Å². The number of hydrogen-bond acceptors (Lipinski definition) is 3. The van der Waals surface area contributed by atoms with E-state index in [0.717, 1.165) is 13.1 Å². The van der Waals surface area contributed by atoms with Gasteiger partial charge in [-0.15, -0.1) is 0 Å². The molecule has 5 nitrogen and oxygen atoms in total. The number of benzene rings is 1. The predicted molar refractivity (Wildman–Crippen MR) is 96.7 cm³/mol. The van der Waals surface area contributed by atoms with Crippen LogP contribution in [0, 0.1) is 23.7 Å². The summed E-state index contributed by atoms with van der Waals surface area (Å²) in [7, 11) is 0. The van der Waals surface area contributed by atoms with Gasteiger partial charge in [0.05, 0.1) is 6.26 Å². The van der Waals surface area contributed by atoms with E-state index in [-0.39, 0.29) is 17.6 Å². The summed E-state index contributed by atoms with van der Waals surface area (Å²) >= 11 is 0. The first-order chi connectivity index (χ1) is 12.7. The lowest BCUT2D eigenvalue weighted by Gasteiger charge is -2.19.